The fourth-order valence-corrected chi connectivity index (χ4v) is 2.49. The first-order valence-electron chi connectivity index (χ1n) is 9.04. The molecule has 152 valence electrons. The number of ether oxygens (including phenoxy) is 3. The molecule has 0 spiro atoms. The van der Waals surface area contributed by atoms with Crippen molar-refractivity contribution in [3.05, 3.63) is 23.8 Å². The summed E-state index contributed by atoms with van der Waals surface area (Å²) in [6, 6.07) is 4.73. The fourth-order valence-electron chi connectivity index (χ4n) is 2.49. The van der Waals surface area contributed by atoms with Crippen LogP contribution in [0.2, 0.25) is 0 Å². The Morgan fingerprint density at radius 1 is 1.04 bits per heavy atom. The Bertz CT molecular complexity index is 615. The quantitative estimate of drug-likeness (QED) is 0.722. The SMILES string of the molecule is COc1cc(OC)cc(C(=O)NC[C@H](CC(C)C)NC(=O)OC(C)(C)C)c1. The van der Waals surface area contributed by atoms with Gasteiger partial charge in [0.1, 0.15) is 17.1 Å². The molecule has 1 atom stereocenters. The van der Waals surface area contributed by atoms with E-state index in [2.05, 4.69) is 24.5 Å². The summed E-state index contributed by atoms with van der Waals surface area (Å²) >= 11 is 0. The van der Waals surface area contributed by atoms with Crippen LogP contribution in [0.25, 0.3) is 0 Å². The average molecular weight is 380 g/mol. The van der Waals surface area contributed by atoms with E-state index in [1.54, 1.807) is 18.2 Å². The van der Waals surface area contributed by atoms with Crippen LogP contribution >= 0.6 is 0 Å². The summed E-state index contributed by atoms with van der Waals surface area (Å²) in [6.45, 7) is 9.82. The van der Waals surface area contributed by atoms with Crippen molar-refractivity contribution in [3.8, 4) is 11.5 Å². The molecule has 7 nitrogen and oxygen atoms in total. The number of carbonyl (C=O) groups is 2. The zero-order chi connectivity index (χ0) is 20.6. The fraction of sp³-hybridized carbons (Fsp3) is 0.600. The summed E-state index contributed by atoms with van der Waals surface area (Å²) in [5.74, 6) is 1.14. The highest BCUT2D eigenvalue weighted by molar-refractivity contribution is 5.95. The summed E-state index contributed by atoms with van der Waals surface area (Å²) in [4.78, 5) is 24.6. The third-order valence-electron chi connectivity index (χ3n) is 3.60. The van der Waals surface area contributed by atoms with Crippen LogP contribution in [-0.4, -0.2) is 44.4 Å². The first-order chi connectivity index (χ1) is 12.5. The largest absolute Gasteiger partial charge is 0.497 e. The van der Waals surface area contributed by atoms with E-state index in [1.165, 1.54) is 14.2 Å². The van der Waals surface area contributed by atoms with Gasteiger partial charge in [0, 0.05) is 24.2 Å². The van der Waals surface area contributed by atoms with Crippen LogP contribution in [0.15, 0.2) is 18.2 Å². The van der Waals surface area contributed by atoms with E-state index in [1.807, 2.05) is 20.8 Å². The maximum Gasteiger partial charge on any atom is 0.407 e. The van der Waals surface area contributed by atoms with Crippen molar-refractivity contribution >= 4 is 12.0 Å². The highest BCUT2D eigenvalue weighted by Crippen LogP contribution is 2.22. The second-order valence-electron chi connectivity index (χ2n) is 7.78. The van der Waals surface area contributed by atoms with Crippen molar-refractivity contribution in [2.24, 2.45) is 5.92 Å². The van der Waals surface area contributed by atoms with E-state index in [-0.39, 0.29) is 18.5 Å². The van der Waals surface area contributed by atoms with Crippen LogP contribution in [0.5, 0.6) is 11.5 Å². The van der Waals surface area contributed by atoms with E-state index in [4.69, 9.17) is 14.2 Å². The molecule has 0 heterocycles. The Balaban J connectivity index is 2.76. The van der Waals surface area contributed by atoms with E-state index in [0.717, 1.165) is 0 Å². The van der Waals surface area contributed by atoms with Gasteiger partial charge in [0.15, 0.2) is 0 Å². The zero-order valence-electron chi connectivity index (χ0n) is 17.3. The van der Waals surface area contributed by atoms with Gasteiger partial charge >= 0.3 is 6.09 Å². The number of rotatable bonds is 8. The zero-order valence-corrected chi connectivity index (χ0v) is 17.3. The van der Waals surface area contributed by atoms with Crippen molar-refractivity contribution in [1.29, 1.82) is 0 Å². The smallest absolute Gasteiger partial charge is 0.407 e. The Labute approximate surface area is 161 Å². The van der Waals surface area contributed by atoms with Gasteiger partial charge in [-0.25, -0.2) is 4.79 Å². The van der Waals surface area contributed by atoms with Crippen molar-refractivity contribution in [1.82, 2.24) is 10.6 Å². The molecule has 0 radical (unpaired) electrons. The van der Waals surface area contributed by atoms with Gasteiger partial charge < -0.3 is 24.8 Å². The maximum atomic E-state index is 12.5. The third-order valence-corrected chi connectivity index (χ3v) is 3.60. The average Bonchev–Trinajstić information content (AvgIpc) is 2.56. The normalized spacial score (nSPS) is 12.3. The summed E-state index contributed by atoms with van der Waals surface area (Å²) in [5.41, 5.74) is -0.154. The van der Waals surface area contributed by atoms with Gasteiger partial charge in [-0.2, -0.15) is 0 Å². The number of carbonyl (C=O) groups excluding carboxylic acids is 2. The third kappa shape index (κ3) is 8.66. The minimum Gasteiger partial charge on any atom is -0.497 e. The number of alkyl carbamates (subject to hydrolysis) is 1. The molecule has 0 aliphatic rings. The Morgan fingerprint density at radius 3 is 2.04 bits per heavy atom. The molecular formula is C20H32N2O5. The van der Waals surface area contributed by atoms with Gasteiger partial charge in [-0.05, 0) is 45.2 Å². The van der Waals surface area contributed by atoms with E-state index in [9.17, 15) is 9.59 Å². The molecule has 1 aromatic carbocycles. The lowest BCUT2D eigenvalue weighted by Crippen LogP contribution is -2.46. The maximum absolute atomic E-state index is 12.5. The lowest BCUT2D eigenvalue weighted by atomic mass is 10.0. The summed E-state index contributed by atoms with van der Waals surface area (Å²) in [5, 5.41) is 5.69. The van der Waals surface area contributed by atoms with E-state index in [0.29, 0.717) is 29.4 Å². The Morgan fingerprint density at radius 2 is 1.59 bits per heavy atom. The second-order valence-corrected chi connectivity index (χ2v) is 7.78. The standard InChI is InChI=1S/C20H32N2O5/c1-13(2)8-15(22-19(24)27-20(3,4)5)12-21-18(23)14-9-16(25-6)11-17(10-14)26-7/h9-11,13,15H,8,12H2,1-7H3,(H,21,23)(H,22,24)/t15-/m0/s1. The van der Waals surface area contributed by atoms with Crippen LogP contribution in [-0.2, 0) is 4.74 Å². The molecule has 0 saturated carbocycles. The molecule has 2 amide bonds. The van der Waals surface area contributed by atoms with E-state index >= 15 is 0 Å². The molecule has 2 N–H and O–H groups in total. The van der Waals surface area contributed by atoms with Crippen LogP contribution < -0.4 is 20.1 Å². The molecule has 1 aromatic rings. The minimum absolute atomic E-state index is 0.240. The van der Waals surface area contributed by atoms with Crippen LogP contribution in [0.4, 0.5) is 4.79 Å². The van der Waals surface area contributed by atoms with Gasteiger partial charge in [0.05, 0.1) is 14.2 Å². The Hall–Kier alpha value is -2.44. The topological polar surface area (TPSA) is 85.9 Å². The predicted octanol–water partition coefficient (Wildman–Crippen LogP) is 3.37. The molecule has 7 heteroatoms. The van der Waals surface area contributed by atoms with Gasteiger partial charge in [-0.15, -0.1) is 0 Å². The van der Waals surface area contributed by atoms with Crippen LogP contribution in [0, 0.1) is 5.92 Å². The number of amides is 2. The lowest BCUT2D eigenvalue weighted by molar-refractivity contribution is 0.0496. The van der Waals surface area contributed by atoms with Gasteiger partial charge in [0.25, 0.3) is 5.91 Å². The summed E-state index contributed by atoms with van der Waals surface area (Å²) < 4.78 is 15.7. The van der Waals surface area contributed by atoms with Crippen molar-refractivity contribution in [2.45, 2.75) is 52.7 Å². The van der Waals surface area contributed by atoms with Crippen molar-refractivity contribution < 1.29 is 23.8 Å². The van der Waals surface area contributed by atoms with Crippen LogP contribution in [0.3, 0.4) is 0 Å². The first-order valence-corrected chi connectivity index (χ1v) is 9.04. The first kappa shape index (κ1) is 22.6. The second kappa shape index (κ2) is 10.0. The minimum atomic E-state index is -0.577. The van der Waals surface area contributed by atoms with Gasteiger partial charge in [-0.3, -0.25) is 4.79 Å². The molecule has 27 heavy (non-hydrogen) atoms. The number of benzene rings is 1. The molecular weight excluding hydrogens is 348 g/mol. The van der Waals surface area contributed by atoms with E-state index < -0.39 is 11.7 Å². The summed E-state index contributed by atoms with van der Waals surface area (Å²) in [6.07, 6.45) is 0.214. The number of hydrogen-bond acceptors (Lipinski definition) is 5. The number of hydrogen-bond donors (Lipinski definition) is 2. The van der Waals surface area contributed by atoms with Gasteiger partial charge in [-0.1, -0.05) is 13.8 Å². The molecule has 0 aromatic heterocycles. The highest BCUT2D eigenvalue weighted by Gasteiger charge is 2.21. The highest BCUT2D eigenvalue weighted by atomic mass is 16.6. The molecule has 0 saturated heterocycles. The molecule has 0 unspecified atom stereocenters. The number of nitrogens with one attached hydrogen (secondary N) is 2. The van der Waals surface area contributed by atoms with Crippen molar-refractivity contribution in [3.63, 3.8) is 0 Å². The monoisotopic (exact) mass is 380 g/mol. The number of methoxy groups -OCH3 is 2. The lowest BCUT2D eigenvalue weighted by Gasteiger charge is -2.25. The predicted molar refractivity (Wildman–Crippen MR) is 104 cm³/mol. The van der Waals surface area contributed by atoms with Crippen molar-refractivity contribution in [2.75, 3.05) is 20.8 Å². The van der Waals surface area contributed by atoms with Crippen LogP contribution in [0.1, 0.15) is 51.4 Å². The molecule has 0 fully saturated rings. The summed E-state index contributed by atoms with van der Waals surface area (Å²) in [7, 11) is 3.06. The molecule has 0 aliphatic carbocycles. The molecule has 1 rings (SSSR count). The van der Waals surface area contributed by atoms with Gasteiger partial charge in [0.2, 0.25) is 0 Å². The molecule has 0 aliphatic heterocycles. The molecule has 0 bridgehead atoms. The Kier molecular flexibility index (Phi) is 8.40.